The van der Waals surface area contributed by atoms with Crippen molar-refractivity contribution in [1.29, 1.82) is 0 Å². The van der Waals surface area contributed by atoms with Crippen molar-refractivity contribution >= 4 is 22.5 Å². The summed E-state index contributed by atoms with van der Waals surface area (Å²) in [6.07, 6.45) is 0. The molecule has 0 saturated carbocycles. The number of aromatic nitrogens is 1. The molecule has 1 amide bonds. The maximum Gasteiger partial charge on any atom is 0.272 e. The van der Waals surface area contributed by atoms with Crippen LogP contribution in [0.15, 0.2) is 48.5 Å². The molecule has 0 aliphatic carbocycles. The zero-order chi connectivity index (χ0) is 15.5. The lowest BCUT2D eigenvalue weighted by Gasteiger charge is -2.08. The monoisotopic (exact) mass is 296 g/mol. The van der Waals surface area contributed by atoms with Crippen LogP contribution in [0.3, 0.4) is 0 Å². The van der Waals surface area contributed by atoms with Crippen LogP contribution in [0.4, 0.5) is 5.69 Å². The second kappa shape index (κ2) is 5.81. The number of anilines is 1. The largest absolute Gasteiger partial charge is 0.496 e. The van der Waals surface area contributed by atoms with Crippen molar-refractivity contribution in [3.8, 4) is 11.5 Å². The lowest BCUT2D eigenvalue weighted by Crippen LogP contribution is -2.12. The minimum atomic E-state index is -0.234. The number of carbonyl (C=O) groups is 1. The van der Waals surface area contributed by atoms with Crippen LogP contribution in [0.1, 0.15) is 10.5 Å². The van der Waals surface area contributed by atoms with Gasteiger partial charge < -0.3 is 19.8 Å². The number of carbonyl (C=O) groups excluding carboxylic acids is 1. The van der Waals surface area contributed by atoms with Gasteiger partial charge in [-0.15, -0.1) is 0 Å². The van der Waals surface area contributed by atoms with E-state index in [4.69, 9.17) is 9.47 Å². The van der Waals surface area contributed by atoms with Gasteiger partial charge in [0.1, 0.15) is 17.2 Å². The van der Waals surface area contributed by atoms with E-state index in [-0.39, 0.29) is 5.91 Å². The molecule has 0 unspecified atom stereocenters. The van der Waals surface area contributed by atoms with Gasteiger partial charge in [-0.3, -0.25) is 4.79 Å². The minimum absolute atomic E-state index is 0.234. The van der Waals surface area contributed by atoms with Crippen LogP contribution in [0.25, 0.3) is 10.9 Å². The Morgan fingerprint density at radius 3 is 2.50 bits per heavy atom. The van der Waals surface area contributed by atoms with Crippen molar-refractivity contribution in [3.63, 3.8) is 0 Å². The van der Waals surface area contributed by atoms with Gasteiger partial charge in [-0.05, 0) is 30.3 Å². The summed E-state index contributed by atoms with van der Waals surface area (Å²) in [5.74, 6) is 1.11. The van der Waals surface area contributed by atoms with E-state index in [1.54, 1.807) is 32.4 Å². The number of H-pyrrole nitrogens is 1. The molecule has 5 heteroatoms. The highest BCUT2D eigenvalue weighted by Crippen LogP contribution is 2.27. The predicted molar refractivity (Wildman–Crippen MR) is 85.8 cm³/mol. The first-order valence-corrected chi connectivity index (χ1v) is 6.83. The standard InChI is InChI=1S/C17H16N2O3/c1-21-15-9-5-7-12-11(15)10-14(18-12)17(20)19-13-6-3-4-8-16(13)22-2/h3-10,18H,1-2H3,(H,19,20). The smallest absolute Gasteiger partial charge is 0.272 e. The summed E-state index contributed by atoms with van der Waals surface area (Å²) < 4.78 is 10.5. The Balaban J connectivity index is 1.92. The molecular formula is C17H16N2O3. The second-order valence-corrected chi connectivity index (χ2v) is 4.76. The molecule has 0 fully saturated rings. The maximum absolute atomic E-state index is 12.4. The van der Waals surface area contributed by atoms with E-state index >= 15 is 0 Å². The molecule has 0 spiro atoms. The summed E-state index contributed by atoms with van der Waals surface area (Å²) in [6.45, 7) is 0. The van der Waals surface area contributed by atoms with E-state index in [2.05, 4.69) is 10.3 Å². The Labute approximate surface area is 127 Å². The first-order valence-electron chi connectivity index (χ1n) is 6.83. The third-order valence-electron chi connectivity index (χ3n) is 3.44. The zero-order valence-electron chi connectivity index (χ0n) is 12.3. The summed E-state index contributed by atoms with van der Waals surface area (Å²) in [5, 5.41) is 3.71. The van der Waals surface area contributed by atoms with E-state index in [0.29, 0.717) is 17.1 Å². The van der Waals surface area contributed by atoms with E-state index < -0.39 is 0 Å². The van der Waals surface area contributed by atoms with Crippen molar-refractivity contribution in [3.05, 3.63) is 54.2 Å². The summed E-state index contributed by atoms with van der Waals surface area (Å²) in [4.78, 5) is 15.5. The van der Waals surface area contributed by atoms with Gasteiger partial charge >= 0.3 is 0 Å². The summed E-state index contributed by atoms with van der Waals surface area (Å²) in [7, 11) is 3.18. The van der Waals surface area contributed by atoms with Gasteiger partial charge in [0, 0.05) is 10.9 Å². The molecule has 2 N–H and O–H groups in total. The SMILES string of the molecule is COc1ccccc1NC(=O)c1cc2c(OC)cccc2[nH]1. The maximum atomic E-state index is 12.4. The summed E-state index contributed by atoms with van der Waals surface area (Å²) >= 11 is 0. The van der Waals surface area contributed by atoms with Crippen LogP contribution in [0, 0.1) is 0 Å². The number of rotatable bonds is 4. The van der Waals surface area contributed by atoms with E-state index in [0.717, 1.165) is 16.7 Å². The highest BCUT2D eigenvalue weighted by molar-refractivity contribution is 6.07. The number of benzene rings is 2. The van der Waals surface area contributed by atoms with Gasteiger partial charge in [0.05, 0.1) is 19.9 Å². The molecular weight excluding hydrogens is 280 g/mol. The minimum Gasteiger partial charge on any atom is -0.496 e. The van der Waals surface area contributed by atoms with Crippen molar-refractivity contribution < 1.29 is 14.3 Å². The molecule has 0 aliphatic heterocycles. The van der Waals surface area contributed by atoms with Crippen molar-refractivity contribution in [2.45, 2.75) is 0 Å². The normalized spacial score (nSPS) is 10.5. The summed E-state index contributed by atoms with van der Waals surface area (Å²) in [5.41, 5.74) is 1.94. The number of amides is 1. The Morgan fingerprint density at radius 1 is 1.00 bits per heavy atom. The van der Waals surface area contributed by atoms with Gasteiger partial charge in [-0.25, -0.2) is 0 Å². The van der Waals surface area contributed by atoms with Crippen LogP contribution in [-0.2, 0) is 0 Å². The number of aromatic amines is 1. The Morgan fingerprint density at radius 2 is 1.73 bits per heavy atom. The number of nitrogens with one attached hydrogen (secondary N) is 2. The van der Waals surface area contributed by atoms with E-state index in [1.165, 1.54) is 0 Å². The fourth-order valence-corrected chi connectivity index (χ4v) is 2.37. The van der Waals surface area contributed by atoms with Crippen LogP contribution in [0.2, 0.25) is 0 Å². The van der Waals surface area contributed by atoms with Crippen molar-refractivity contribution in [2.75, 3.05) is 19.5 Å². The lowest BCUT2D eigenvalue weighted by atomic mass is 10.2. The average Bonchev–Trinajstić information content (AvgIpc) is 2.99. The van der Waals surface area contributed by atoms with E-state index in [9.17, 15) is 4.79 Å². The number of methoxy groups -OCH3 is 2. The third kappa shape index (κ3) is 2.48. The molecule has 22 heavy (non-hydrogen) atoms. The van der Waals surface area contributed by atoms with Gasteiger partial charge in [-0.1, -0.05) is 18.2 Å². The molecule has 1 aromatic heterocycles. The van der Waals surface area contributed by atoms with Gasteiger partial charge in [0.15, 0.2) is 0 Å². The Kier molecular flexibility index (Phi) is 3.70. The molecule has 0 bridgehead atoms. The second-order valence-electron chi connectivity index (χ2n) is 4.76. The number of fused-ring (bicyclic) bond motifs is 1. The topological polar surface area (TPSA) is 63.4 Å². The van der Waals surface area contributed by atoms with Crippen molar-refractivity contribution in [1.82, 2.24) is 4.98 Å². The first-order chi connectivity index (χ1) is 10.7. The molecule has 0 saturated heterocycles. The van der Waals surface area contributed by atoms with Gasteiger partial charge in [0.25, 0.3) is 5.91 Å². The molecule has 0 atom stereocenters. The number of hydrogen-bond donors (Lipinski definition) is 2. The van der Waals surface area contributed by atoms with Gasteiger partial charge in [-0.2, -0.15) is 0 Å². The lowest BCUT2D eigenvalue weighted by molar-refractivity contribution is 0.102. The summed E-state index contributed by atoms with van der Waals surface area (Å²) in [6, 6.07) is 14.7. The number of para-hydroxylation sites is 2. The van der Waals surface area contributed by atoms with Crippen LogP contribution in [-0.4, -0.2) is 25.1 Å². The number of hydrogen-bond acceptors (Lipinski definition) is 3. The van der Waals surface area contributed by atoms with E-state index in [1.807, 2.05) is 30.3 Å². The zero-order valence-corrected chi connectivity index (χ0v) is 12.3. The highest BCUT2D eigenvalue weighted by Gasteiger charge is 2.13. The molecule has 3 aromatic rings. The third-order valence-corrected chi connectivity index (χ3v) is 3.44. The molecule has 5 nitrogen and oxygen atoms in total. The molecule has 0 aliphatic rings. The Bertz CT molecular complexity index is 824. The fourth-order valence-electron chi connectivity index (χ4n) is 2.37. The molecule has 1 heterocycles. The van der Waals surface area contributed by atoms with Crippen LogP contribution < -0.4 is 14.8 Å². The van der Waals surface area contributed by atoms with Crippen LogP contribution >= 0.6 is 0 Å². The number of ether oxygens (including phenoxy) is 2. The fraction of sp³-hybridized carbons (Fsp3) is 0.118. The molecule has 3 rings (SSSR count). The Hall–Kier alpha value is -2.95. The first kappa shape index (κ1) is 14.0. The molecule has 112 valence electrons. The highest BCUT2D eigenvalue weighted by atomic mass is 16.5. The quantitative estimate of drug-likeness (QED) is 0.775. The average molecular weight is 296 g/mol. The van der Waals surface area contributed by atoms with Gasteiger partial charge in [0.2, 0.25) is 0 Å². The predicted octanol–water partition coefficient (Wildman–Crippen LogP) is 3.44. The van der Waals surface area contributed by atoms with Crippen LogP contribution in [0.5, 0.6) is 11.5 Å². The molecule has 0 radical (unpaired) electrons. The molecule has 2 aromatic carbocycles. The van der Waals surface area contributed by atoms with Crippen molar-refractivity contribution in [2.24, 2.45) is 0 Å².